The van der Waals surface area contributed by atoms with Gasteiger partial charge in [-0.25, -0.2) is 4.98 Å². The van der Waals surface area contributed by atoms with E-state index >= 15 is 0 Å². The van der Waals surface area contributed by atoms with Gasteiger partial charge in [-0.05, 0) is 53.9 Å². The molecule has 0 bridgehead atoms. The number of imidazole rings is 1. The third kappa shape index (κ3) is 4.02. The normalized spacial score (nSPS) is 10.6. The van der Waals surface area contributed by atoms with E-state index in [1.165, 1.54) is 0 Å². The van der Waals surface area contributed by atoms with Crippen molar-refractivity contribution < 1.29 is 4.79 Å². The van der Waals surface area contributed by atoms with Crippen molar-refractivity contribution in [2.45, 2.75) is 20.0 Å². The highest BCUT2D eigenvalue weighted by molar-refractivity contribution is 5.94. The maximum Gasteiger partial charge on any atom is 0.251 e. The van der Waals surface area contributed by atoms with Crippen LogP contribution in [0.4, 0.5) is 0 Å². The first kappa shape index (κ1) is 18.5. The zero-order chi connectivity index (χ0) is 20.2. The molecule has 0 aliphatic rings. The predicted octanol–water partition coefficient (Wildman–Crippen LogP) is 4.19. The van der Waals surface area contributed by atoms with Crippen LogP contribution in [0.5, 0.6) is 0 Å². The van der Waals surface area contributed by atoms with E-state index in [1.807, 2.05) is 43.6 Å². The van der Waals surface area contributed by atoms with Gasteiger partial charge in [0.1, 0.15) is 0 Å². The van der Waals surface area contributed by atoms with Gasteiger partial charge in [0.2, 0.25) is 0 Å². The number of para-hydroxylation sites is 2. The van der Waals surface area contributed by atoms with Gasteiger partial charge in [0, 0.05) is 18.7 Å². The number of carbonyl (C=O) groups is 1. The number of carbonyl (C=O) groups excluding carboxylic acids is 1. The van der Waals surface area contributed by atoms with Gasteiger partial charge < -0.3 is 9.88 Å². The van der Waals surface area contributed by atoms with Crippen LogP contribution in [0.15, 0.2) is 73.1 Å². The fourth-order valence-corrected chi connectivity index (χ4v) is 3.39. The number of hydrogen-bond acceptors (Lipinski definition) is 3. The molecule has 0 saturated carbocycles. The molecule has 1 aromatic heterocycles. The Bertz CT molecular complexity index is 1230. The Morgan fingerprint density at radius 3 is 2.72 bits per heavy atom. The van der Waals surface area contributed by atoms with Crippen LogP contribution < -0.4 is 5.32 Å². The number of nitriles is 1. The maximum absolute atomic E-state index is 12.5. The molecule has 1 amide bonds. The minimum Gasteiger partial charge on any atom is -0.348 e. The second-order valence-corrected chi connectivity index (χ2v) is 7.01. The lowest BCUT2D eigenvalue weighted by molar-refractivity contribution is 0.0951. The van der Waals surface area contributed by atoms with E-state index in [2.05, 4.69) is 39.1 Å². The summed E-state index contributed by atoms with van der Waals surface area (Å²) < 4.78 is 2.12. The summed E-state index contributed by atoms with van der Waals surface area (Å²) in [5.74, 6) is -0.149. The number of nitrogens with one attached hydrogen (secondary N) is 1. The molecule has 1 heterocycles. The Labute approximate surface area is 169 Å². The Balaban J connectivity index is 1.44. The molecular weight excluding hydrogens is 360 g/mol. The summed E-state index contributed by atoms with van der Waals surface area (Å²) in [5, 5.41) is 12.0. The molecule has 0 fully saturated rings. The van der Waals surface area contributed by atoms with Gasteiger partial charge >= 0.3 is 0 Å². The van der Waals surface area contributed by atoms with Gasteiger partial charge in [-0.1, -0.05) is 36.4 Å². The minimum atomic E-state index is -0.149. The Morgan fingerprint density at radius 1 is 1.07 bits per heavy atom. The van der Waals surface area contributed by atoms with Crippen LogP contribution >= 0.6 is 0 Å². The number of aromatic nitrogens is 2. The monoisotopic (exact) mass is 380 g/mol. The van der Waals surface area contributed by atoms with Crippen LogP contribution in [-0.2, 0) is 13.1 Å². The molecule has 3 aromatic carbocycles. The highest BCUT2D eigenvalue weighted by atomic mass is 16.1. The molecule has 0 atom stereocenters. The second kappa shape index (κ2) is 7.99. The molecule has 0 aliphatic heterocycles. The first-order chi connectivity index (χ1) is 14.1. The number of rotatable bonds is 5. The fraction of sp³-hybridized carbons (Fsp3) is 0.125. The van der Waals surface area contributed by atoms with Crippen LogP contribution in [0.2, 0.25) is 0 Å². The first-order valence-electron chi connectivity index (χ1n) is 9.40. The molecule has 4 aromatic rings. The lowest BCUT2D eigenvalue weighted by Crippen LogP contribution is -2.23. The van der Waals surface area contributed by atoms with Gasteiger partial charge in [0.25, 0.3) is 5.91 Å². The molecule has 1 N–H and O–H groups in total. The summed E-state index contributed by atoms with van der Waals surface area (Å²) in [4.78, 5) is 16.9. The Hall–Kier alpha value is -3.91. The van der Waals surface area contributed by atoms with Crippen molar-refractivity contribution in [3.8, 4) is 6.07 Å². The minimum absolute atomic E-state index is 0.149. The molecule has 0 radical (unpaired) electrons. The lowest BCUT2D eigenvalue weighted by atomic mass is 10.1. The van der Waals surface area contributed by atoms with Crippen molar-refractivity contribution in [2.75, 3.05) is 0 Å². The first-order valence-corrected chi connectivity index (χ1v) is 9.40. The molecule has 4 rings (SSSR count). The van der Waals surface area contributed by atoms with Gasteiger partial charge in [0.05, 0.1) is 29.0 Å². The smallest absolute Gasteiger partial charge is 0.251 e. The Kier molecular flexibility index (Phi) is 5.08. The number of hydrogen-bond donors (Lipinski definition) is 1. The number of aryl methyl sites for hydroxylation is 1. The van der Waals surface area contributed by atoms with Crippen molar-refractivity contribution >= 4 is 16.9 Å². The molecule has 5 heteroatoms. The van der Waals surface area contributed by atoms with E-state index in [0.717, 1.165) is 34.3 Å². The third-order valence-electron chi connectivity index (χ3n) is 4.93. The van der Waals surface area contributed by atoms with Crippen LogP contribution in [0.3, 0.4) is 0 Å². The van der Waals surface area contributed by atoms with Crippen molar-refractivity contribution in [3.63, 3.8) is 0 Å². The molecule has 0 spiro atoms. The standard InChI is InChI=1S/C24H20N4O/c1-17-11-20(9-10-21(17)13-25)24(29)26-14-18-5-4-6-19(12-18)15-28-16-27-22-7-2-3-8-23(22)28/h2-12,16H,14-15H2,1H3,(H,26,29). The number of nitrogens with zero attached hydrogens (tertiary/aromatic N) is 3. The highest BCUT2D eigenvalue weighted by Gasteiger charge is 2.08. The third-order valence-corrected chi connectivity index (χ3v) is 4.93. The molecule has 5 nitrogen and oxygen atoms in total. The van der Waals surface area contributed by atoms with Crippen molar-refractivity contribution in [1.82, 2.24) is 14.9 Å². The van der Waals surface area contributed by atoms with Crippen molar-refractivity contribution in [2.24, 2.45) is 0 Å². The zero-order valence-electron chi connectivity index (χ0n) is 16.1. The van der Waals surface area contributed by atoms with Gasteiger partial charge in [-0.3, -0.25) is 4.79 Å². The lowest BCUT2D eigenvalue weighted by Gasteiger charge is -2.09. The largest absolute Gasteiger partial charge is 0.348 e. The SMILES string of the molecule is Cc1cc(C(=O)NCc2cccc(Cn3cnc4ccccc43)c2)ccc1C#N. The molecule has 0 saturated heterocycles. The fourth-order valence-electron chi connectivity index (χ4n) is 3.39. The van der Waals surface area contributed by atoms with Crippen LogP contribution in [0.1, 0.15) is 32.6 Å². The van der Waals surface area contributed by atoms with Gasteiger partial charge in [-0.2, -0.15) is 5.26 Å². The van der Waals surface area contributed by atoms with Crippen molar-refractivity contribution in [1.29, 1.82) is 5.26 Å². The quantitative estimate of drug-likeness (QED) is 0.564. The molecule has 0 unspecified atom stereocenters. The van der Waals surface area contributed by atoms with E-state index < -0.39 is 0 Å². The predicted molar refractivity (Wildman–Crippen MR) is 112 cm³/mol. The van der Waals surface area contributed by atoms with E-state index in [0.29, 0.717) is 17.7 Å². The topological polar surface area (TPSA) is 70.7 Å². The van der Waals surface area contributed by atoms with Gasteiger partial charge in [-0.15, -0.1) is 0 Å². The average molecular weight is 380 g/mol. The molecule has 142 valence electrons. The summed E-state index contributed by atoms with van der Waals surface area (Å²) >= 11 is 0. The molecular formula is C24H20N4O. The van der Waals surface area contributed by atoms with Crippen LogP contribution in [0, 0.1) is 18.3 Å². The molecule has 29 heavy (non-hydrogen) atoms. The highest BCUT2D eigenvalue weighted by Crippen LogP contribution is 2.15. The van der Waals surface area contributed by atoms with E-state index in [4.69, 9.17) is 5.26 Å². The summed E-state index contributed by atoms with van der Waals surface area (Å²) in [6.07, 6.45) is 1.85. The summed E-state index contributed by atoms with van der Waals surface area (Å²) in [7, 11) is 0. The number of amides is 1. The van der Waals surface area contributed by atoms with E-state index in [9.17, 15) is 4.79 Å². The van der Waals surface area contributed by atoms with E-state index in [1.54, 1.807) is 18.2 Å². The zero-order valence-corrected chi connectivity index (χ0v) is 16.1. The van der Waals surface area contributed by atoms with Crippen molar-refractivity contribution in [3.05, 3.63) is 101 Å². The maximum atomic E-state index is 12.5. The molecule has 0 aliphatic carbocycles. The van der Waals surface area contributed by atoms with Gasteiger partial charge in [0.15, 0.2) is 0 Å². The number of fused-ring (bicyclic) bond motifs is 1. The summed E-state index contributed by atoms with van der Waals surface area (Å²) in [6, 6.07) is 23.5. The van der Waals surface area contributed by atoms with E-state index in [-0.39, 0.29) is 5.91 Å². The Morgan fingerprint density at radius 2 is 1.90 bits per heavy atom. The second-order valence-electron chi connectivity index (χ2n) is 7.01. The number of benzene rings is 3. The average Bonchev–Trinajstić information content (AvgIpc) is 3.15. The summed E-state index contributed by atoms with van der Waals surface area (Å²) in [5.41, 5.74) is 6.20. The van der Waals surface area contributed by atoms with Crippen LogP contribution in [0.25, 0.3) is 11.0 Å². The van der Waals surface area contributed by atoms with Crippen LogP contribution in [-0.4, -0.2) is 15.5 Å². The summed E-state index contributed by atoms with van der Waals surface area (Å²) in [6.45, 7) is 2.99.